The van der Waals surface area contributed by atoms with E-state index in [2.05, 4.69) is 130 Å². The van der Waals surface area contributed by atoms with Crippen molar-refractivity contribution in [3.05, 3.63) is 109 Å². The van der Waals surface area contributed by atoms with E-state index in [1.54, 1.807) is 0 Å². The van der Waals surface area contributed by atoms with Crippen LogP contribution in [0.4, 0.5) is 0 Å². The average Bonchev–Trinajstić information content (AvgIpc) is 3.50. The average molecular weight is 1150 g/mol. The van der Waals surface area contributed by atoms with Gasteiger partial charge in [-0.3, -0.25) is 14.4 Å². The maximum atomic E-state index is 13.0. The standard InChI is InChI=1S/C77H132O6/c1-4-7-10-13-16-19-22-25-28-31-34-36-37-38-39-41-43-46-49-52-55-58-61-64-67-70-76(79)82-73-74(72-81-75(78)69-66-63-60-57-54-51-48-45-42-33-30-27-24-21-18-15-12-9-6-3)83-77(80)71-68-65-62-59-56-53-50-47-44-40-35-32-29-26-23-20-17-14-11-8-5-2/h7,10,16,18-19,21,25,27-28,30,32,34-36,38-39,42,45,74H,4-6,8-9,11-15,17,20,22-24,26,29,31,33,37,40-41,43-44,46-73H2,1-3H3/b10-7-,19-16-,21-18-,28-25-,30-27-,35-32-,36-34-,39-38-,45-42-. The van der Waals surface area contributed by atoms with Gasteiger partial charge >= 0.3 is 17.9 Å². The van der Waals surface area contributed by atoms with Gasteiger partial charge in [0.15, 0.2) is 6.10 Å². The summed E-state index contributed by atoms with van der Waals surface area (Å²) in [6, 6.07) is 0. The van der Waals surface area contributed by atoms with Gasteiger partial charge in [-0.25, -0.2) is 0 Å². The summed E-state index contributed by atoms with van der Waals surface area (Å²) in [7, 11) is 0. The van der Waals surface area contributed by atoms with Crippen LogP contribution in [0.1, 0.15) is 342 Å². The van der Waals surface area contributed by atoms with Crippen molar-refractivity contribution in [3.8, 4) is 0 Å². The smallest absolute Gasteiger partial charge is 0.306 e. The number of carbonyl (C=O) groups is 3. The zero-order valence-electron chi connectivity index (χ0n) is 54.7. The molecule has 1 atom stereocenters. The molecule has 0 aliphatic rings. The first-order valence-electron chi connectivity index (χ1n) is 35.4. The van der Waals surface area contributed by atoms with Gasteiger partial charge in [0.2, 0.25) is 0 Å². The second kappa shape index (κ2) is 70.6. The first-order chi connectivity index (χ1) is 41.0. The van der Waals surface area contributed by atoms with E-state index < -0.39 is 6.10 Å². The highest BCUT2D eigenvalue weighted by Gasteiger charge is 2.19. The number of hydrogen-bond acceptors (Lipinski definition) is 6. The molecule has 0 aliphatic heterocycles. The predicted molar refractivity (Wildman–Crippen MR) is 362 cm³/mol. The molecule has 6 nitrogen and oxygen atoms in total. The van der Waals surface area contributed by atoms with Crippen molar-refractivity contribution in [2.75, 3.05) is 13.2 Å². The van der Waals surface area contributed by atoms with E-state index in [0.29, 0.717) is 19.3 Å². The first-order valence-corrected chi connectivity index (χ1v) is 35.4. The second-order valence-electron chi connectivity index (χ2n) is 23.4. The van der Waals surface area contributed by atoms with Gasteiger partial charge in [-0.2, -0.15) is 0 Å². The van der Waals surface area contributed by atoms with Gasteiger partial charge in [-0.15, -0.1) is 0 Å². The van der Waals surface area contributed by atoms with Crippen molar-refractivity contribution in [1.82, 2.24) is 0 Å². The molecule has 0 radical (unpaired) electrons. The molecular formula is C77H132O6. The SMILES string of the molecule is CC/C=C\C/C=C\C/C=C\C/C=C\C/C=C\CCCCCCCCCCCC(=O)OCC(COC(=O)CCCCCCCC/C=C\C/C=C\C/C=C\CCCCC)OC(=O)CCCCCCCCCCC/C=C\CCCCCCCCCC. The number of ether oxygens (including phenoxy) is 3. The molecule has 0 aromatic heterocycles. The Morgan fingerprint density at radius 2 is 0.470 bits per heavy atom. The lowest BCUT2D eigenvalue weighted by Gasteiger charge is -2.18. The van der Waals surface area contributed by atoms with Crippen molar-refractivity contribution >= 4 is 17.9 Å². The van der Waals surface area contributed by atoms with E-state index >= 15 is 0 Å². The summed E-state index contributed by atoms with van der Waals surface area (Å²) in [5.41, 5.74) is 0. The summed E-state index contributed by atoms with van der Waals surface area (Å²) < 4.78 is 17.0. The zero-order valence-corrected chi connectivity index (χ0v) is 54.7. The molecule has 0 spiro atoms. The van der Waals surface area contributed by atoms with Crippen LogP contribution in [0.3, 0.4) is 0 Å². The van der Waals surface area contributed by atoms with Crippen LogP contribution in [0.5, 0.6) is 0 Å². The minimum atomic E-state index is -0.791. The van der Waals surface area contributed by atoms with Crippen LogP contribution in [0.15, 0.2) is 109 Å². The zero-order chi connectivity index (χ0) is 59.9. The number of allylic oxidation sites excluding steroid dienone is 18. The summed E-state index contributed by atoms with van der Waals surface area (Å²) in [6.45, 7) is 6.52. The Hall–Kier alpha value is -3.93. The van der Waals surface area contributed by atoms with Gasteiger partial charge in [0, 0.05) is 19.3 Å². The highest BCUT2D eigenvalue weighted by Crippen LogP contribution is 2.17. The molecule has 6 heteroatoms. The minimum Gasteiger partial charge on any atom is -0.462 e. The van der Waals surface area contributed by atoms with Crippen LogP contribution in [-0.4, -0.2) is 37.2 Å². The van der Waals surface area contributed by atoms with Crippen LogP contribution < -0.4 is 0 Å². The molecule has 0 heterocycles. The summed E-state index contributed by atoms with van der Waals surface area (Å²) in [5, 5.41) is 0. The third-order valence-corrected chi connectivity index (χ3v) is 15.2. The fraction of sp³-hybridized carbons (Fsp3) is 0.727. The molecule has 0 saturated carbocycles. The molecule has 83 heavy (non-hydrogen) atoms. The predicted octanol–water partition coefficient (Wildman–Crippen LogP) is 24.6. The normalized spacial score (nSPS) is 12.8. The van der Waals surface area contributed by atoms with Crippen molar-refractivity contribution in [2.45, 2.75) is 348 Å². The molecule has 0 bridgehead atoms. The van der Waals surface area contributed by atoms with Crippen molar-refractivity contribution in [3.63, 3.8) is 0 Å². The highest BCUT2D eigenvalue weighted by atomic mass is 16.6. The maximum Gasteiger partial charge on any atom is 0.306 e. The van der Waals surface area contributed by atoms with Crippen molar-refractivity contribution in [1.29, 1.82) is 0 Å². The molecule has 0 saturated heterocycles. The Morgan fingerprint density at radius 1 is 0.253 bits per heavy atom. The van der Waals surface area contributed by atoms with E-state index in [1.807, 2.05) is 0 Å². The summed E-state index contributed by atoms with van der Waals surface area (Å²) in [4.78, 5) is 38.5. The van der Waals surface area contributed by atoms with Crippen molar-refractivity contribution < 1.29 is 28.6 Å². The van der Waals surface area contributed by atoms with Gasteiger partial charge in [-0.05, 0) is 128 Å². The summed E-state index contributed by atoms with van der Waals surface area (Å²) >= 11 is 0. The summed E-state index contributed by atoms with van der Waals surface area (Å²) in [6.07, 6.45) is 96.7. The third-order valence-electron chi connectivity index (χ3n) is 15.2. The molecule has 0 aromatic rings. The lowest BCUT2D eigenvalue weighted by molar-refractivity contribution is -0.167. The van der Waals surface area contributed by atoms with Crippen LogP contribution in [-0.2, 0) is 28.6 Å². The van der Waals surface area contributed by atoms with Gasteiger partial charge < -0.3 is 14.2 Å². The molecular weight excluding hydrogens is 1020 g/mol. The molecule has 0 amide bonds. The molecule has 0 N–H and O–H groups in total. The fourth-order valence-corrected chi connectivity index (χ4v) is 9.94. The Morgan fingerprint density at radius 3 is 0.771 bits per heavy atom. The van der Waals surface area contributed by atoms with Crippen LogP contribution in [0.25, 0.3) is 0 Å². The molecule has 476 valence electrons. The van der Waals surface area contributed by atoms with Crippen molar-refractivity contribution in [2.24, 2.45) is 0 Å². The number of unbranched alkanes of at least 4 members (excludes halogenated alkanes) is 35. The number of rotatable bonds is 64. The van der Waals surface area contributed by atoms with E-state index in [0.717, 1.165) is 116 Å². The Labute approximate surface area is 514 Å². The number of carbonyl (C=O) groups excluding carboxylic acids is 3. The molecule has 0 fully saturated rings. The minimum absolute atomic E-state index is 0.0860. The van der Waals surface area contributed by atoms with E-state index in [4.69, 9.17) is 14.2 Å². The second-order valence-corrected chi connectivity index (χ2v) is 23.4. The Bertz CT molecular complexity index is 1660. The topological polar surface area (TPSA) is 78.9 Å². The van der Waals surface area contributed by atoms with Crippen LogP contribution in [0.2, 0.25) is 0 Å². The van der Waals surface area contributed by atoms with E-state index in [-0.39, 0.29) is 31.1 Å². The fourth-order valence-electron chi connectivity index (χ4n) is 9.94. The third kappa shape index (κ3) is 68.7. The lowest BCUT2D eigenvalue weighted by atomic mass is 10.1. The van der Waals surface area contributed by atoms with Gasteiger partial charge in [0.25, 0.3) is 0 Å². The lowest BCUT2D eigenvalue weighted by Crippen LogP contribution is -2.30. The van der Waals surface area contributed by atoms with Crippen LogP contribution >= 0.6 is 0 Å². The Kier molecular flexibility index (Phi) is 67.2. The number of esters is 3. The Balaban J connectivity index is 4.41. The quantitative estimate of drug-likeness (QED) is 0.0261. The van der Waals surface area contributed by atoms with E-state index in [1.165, 1.54) is 186 Å². The summed E-state index contributed by atoms with van der Waals surface area (Å²) in [5.74, 6) is -0.892. The maximum absolute atomic E-state index is 13.0. The van der Waals surface area contributed by atoms with Crippen LogP contribution in [0, 0.1) is 0 Å². The monoisotopic (exact) mass is 1150 g/mol. The number of hydrogen-bond donors (Lipinski definition) is 0. The largest absolute Gasteiger partial charge is 0.462 e. The molecule has 0 aliphatic carbocycles. The molecule has 1 unspecified atom stereocenters. The molecule has 0 aromatic carbocycles. The highest BCUT2D eigenvalue weighted by molar-refractivity contribution is 5.71. The van der Waals surface area contributed by atoms with Gasteiger partial charge in [-0.1, -0.05) is 304 Å². The first kappa shape index (κ1) is 79.1. The van der Waals surface area contributed by atoms with E-state index in [9.17, 15) is 14.4 Å². The van der Waals surface area contributed by atoms with Gasteiger partial charge in [0.1, 0.15) is 13.2 Å². The molecule has 0 rings (SSSR count). The van der Waals surface area contributed by atoms with Gasteiger partial charge in [0.05, 0.1) is 0 Å².